The summed E-state index contributed by atoms with van der Waals surface area (Å²) in [5.41, 5.74) is 0.0845. The van der Waals surface area contributed by atoms with Gasteiger partial charge in [-0.05, 0) is 43.7 Å². The summed E-state index contributed by atoms with van der Waals surface area (Å²) in [5, 5.41) is 0. The van der Waals surface area contributed by atoms with Crippen LogP contribution < -0.4 is 0 Å². The molecule has 0 spiro atoms. The molecule has 2 aliphatic rings. The van der Waals surface area contributed by atoms with Gasteiger partial charge in [0, 0.05) is 19.3 Å². The molecule has 1 heterocycles. The van der Waals surface area contributed by atoms with Crippen LogP contribution in [0.5, 0.6) is 0 Å². The number of rotatable bonds is 5. The molecule has 1 aromatic heterocycles. The molecule has 1 amide bonds. The van der Waals surface area contributed by atoms with Gasteiger partial charge in [-0.2, -0.15) is 0 Å². The van der Waals surface area contributed by atoms with E-state index >= 15 is 0 Å². The van der Waals surface area contributed by atoms with Crippen LogP contribution in [0.25, 0.3) is 0 Å². The zero-order chi connectivity index (χ0) is 16.4. The van der Waals surface area contributed by atoms with Gasteiger partial charge >= 0.3 is 0 Å². The number of carbonyl (C=O) groups is 1. The van der Waals surface area contributed by atoms with Crippen LogP contribution in [-0.4, -0.2) is 43.1 Å². The Hall–Kier alpha value is -1.43. The fraction of sp³-hybridized carbons (Fsp3) is 0.647. The Balaban J connectivity index is 1.85. The van der Waals surface area contributed by atoms with Crippen LogP contribution in [-0.2, 0) is 9.84 Å². The van der Waals surface area contributed by atoms with E-state index in [1.165, 1.54) is 18.7 Å². The molecule has 2 saturated carbocycles. The van der Waals surface area contributed by atoms with E-state index in [4.69, 9.17) is 0 Å². The van der Waals surface area contributed by atoms with Gasteiger partial charge in [-0.1, -0.05) is 19.3 Å². The van der Waals surface area contributed by atoms with Crippen molar-refractivity contribution in [1.29, 1.82) is 0 Å². The van der Waals surface area contributed by atoms with E-state index in [1.54, 1.807) is 18.0 Å². The summed E-state index contributed by atoms with van der Waals surface area (Å²) in [7, 11) is -1.68. The molecule has 6 heteroatoms. The molecular formula is C17H24N2O3S. The summed E-state index contributed by atoms with van der Waals surface area (Å²) in [6.07, 6.45) is 8.85. The van der Waals surface area contributed by atoms with Crippen molar-refractivity contribution in [3.05, 3.63) is 24.0 Å². The summed E-state index contributed by atoms with van der Waals surface area (Å²) >= 11 is 0. The first-order valence-electron chi connectivity index (χ1n) is 8.44. The summed E-state index contributed by atoms with van der Waals surface area (Å²) in [5.74, 6) is 0.109. The van der Waals surface area contributed by atoms with Crippen molar-refractivity contribution in [2.24, 2.45) is 5.92 Å². The van der Waals surface area contributed by atoms with Gasteiger partial charge in [-0.25, -0.2) is 13.4 Å². The molecule has 126 valence electrons. The fourth-order valence-corrected chi connectivity index (χ4v) is 5.14. The molecule has 0 aromatic carbocycles. The molecule has 3 rings (SSSR count). The standard InChI is InChI=1S/C17H24N2O3S/c1-19(14-6-3-2-4-7-14)17(20)16-15(8-5-11-18-16)23(21,22)12-13-9-10-13/h5,8,11,13-14H,2-4,6-7,9-10,12H2,1H3. The van der Waals surface area contributed by atoms with Gasteiger partial charge in [0.2, 0.25) is 0 Å². The van der Waals surface area contributed by atoms with Crippen LogP contribution in [0.3, 0.4) is 0 Å². The highest BCUT2D eigenvalue weighted by Crippen LogP contribution is 2.33. The van der Waals surface area contributed by atoms with Crippen molar-refractivity contribution in [3.63, 3.8) is 0 Å². The molecule has 0 bridgehead atoms. The Morgan fingerprint density at radius 2 is 1.91 bits per heavy atom. The highest BCUT2D eigenvalue weighted by atomic mass is 32.2. The maximum absolute atomic E-state index is 12.8. The minimum atomic E-state index is -3.45. The Morgan fingerprint density at radius 3 is 2.57 bits per heavy atom. The highest BCUT2D eigenvalue weighted by Gasteiger charge is 2.33. The molecule has 0 atom stereocenters. The molecule has 0 aliphatic heterocycles. The van der Waals surface area contributed by atoms with Gasteiger partial charge in [-0.15, -0.1) is 0 Å². The molecule has 2 fully saturated rings. The number of nitrogens with zero attached hydrogens (tertiary/aromatic N) is 2. The first kappa shape index (κ1) is 16.4. The SMILES string of the molecule is CN(C(=O)c1ncccc1S(=O)(=O)CC1CC1)C1CCCCC1. The molecule has 0 unspecified atom stereocenters. The van der Waals surface area contributed by atoms with Gasteiger partial charge in [0.25, 0.3) is 5.91 Å². The second kappa shape index (κ2) is 6.59. The summed E-state index contributed by atoms with van der Waals surface area (Å²) in [6, 6.07) is 3.31. The van der Waals surface area contributed by atoms with Crippen molar-refractivity contribution in [3.8, 4) is 0 Å². The summed E-state index contributed by atoms with van der Waals surface area (Å²) in [6.45, 7) is 0. The normalized spacial score (nSPS) is 19.5. The minimum absolute atomic E-state index is 0.0845. The number of sulfone groups is 1. The first-order chi connectivity index (χ1) is 11.0. The average Bonchev–Trinajstić information content (AvgIpc) is 3.37. The highest BCUT2D eigenvalue weighted by molar-refractivity contribution is 7.91. The third-order valence-corrected chi connectivity index (χ3v) is 6.81. The molecule has 2 aliphatic carbocycles. The molecule has 23 heavy (non-hydrogen) atoms. The van der Waals surface area contributed by atoms with Crippen LogP contribution in [0.1, 0.15) is 55.4 Å². The lowest BCUT2D eigenvalue weighted by Gasteiger charge is -2.31. The summed E-state index contributed by atoms with van der Waals surface area (Å²) in [4.78, 5) is 18.7. The van der Waals surface area contributed by atoms with E-state index in [1.807, 2.05) is 0 Å². The second-order valence-corrected chi connectivity index (χ2v) is 8.79. The number of amides is 1. The zero-order valence-electron chi connectivity index (χ0n) is 13.6. The van der Waals surface area contributed by atoms with E-state index < -0.39 is 9.84 Å². The quantitative estimate of drug-likeness (QED) is 0.829. The molecule has 0 saturated heterocycles. The predicted octanol–water partition coefficient (Wildman–Crippen LogP) is 2.67. The van der Waals surface area contributed by atoms with E-state index in [0.29, 0.717) is 0 Å². The monoisotopic (exact) mass is 336 g/mol. The average molecular weight is 336 g/mol. The van der Waals surface area contributed by atoms with E-state index in [0.717, 1.165) is 38.5 Å². The number of aromatic nitrogens is 1. The van der Waals surface area contributed by atoms with Crippen LogP contribution in [0.2, 0.25) is 0 Å². The van der Waals surface area contributed by atoms with Crippen molar-refractivity contribution < 1.29 is 13.2 Å². The van der Waals surface area contributed by atoms with Crippen molar-refractivity contribution in [1.82, 2.24) is 9.88 Å². The Morgan fingerprint density at radius 1 is 1.22 bits per heavy atom. The fourth-order valence-electron chi connectivity index (χ4n) is 3.29. The Kier molecular flexibility index (Phi) is 4.71. The number of hydrogen-bond acceptors (Lipinski definition) is 4. The molecule has 0 radical (unpaired) electrons. The summed E-state index contributed by atoms with van der Waals surface area (Å²) < 4.78 is 25.2. The third kappa shape index (κ3) is 3.74. The van der Waals surface area contributed by atoms with Crippen LogP contribution in [0, 0.1) is 5.92 Å². The molecular weight excluding hydrogens is 312 g/mol. The van der Waals surface area contributed by atoms with Gasteiger partial charge in [-0.3, -0.25) is 4.79 Å². The Labute approximate surface area is 138 Å². The number of hydrogen-bond donors (Lipinski definition) is 0. The smallest absolute Gasteiger partial charge is 0.273 e. The van der Waals surface area contributed by atoms with Crippen LogP contribution in [0.15, 0.2) is 23.2 Å². The van der Waals surface area contributed by atoms with Gasteiger partial charge in [0.15, 0.2) is 9.84 Å². The lowest BCUT2D eigenvalue weighted by atomic mass is 9.94. The zero-order valence-corrected chi connectivity index (χ0v) is 14.4. The van der Waals surface area contributed by atoms with Crippen LogP contribution >= 0.6 is 0 Å². The lowest BCUT2D eigenvalue weighted by molar-refractivity contribution is 0.0686. The van der Waals surface area contributed by atoms with E-state index in [2.05, 4.69) is 4.98 Å². The van der Waals surface area contributed by atoms with Crippen molar-refractivity contribution in [2.45, 2.75) is 55.9 Å². The van der Waals surface area contributed by atoms with Gasteiger partial charge < -0.3 is 4.90 Å². The van der Waals surface area contributed by atoms with Crippen LogP contribution in [0.4, 0.5) is 0 Å². The molecule has 5 nitrogen and oxygen atoms in total. The first-order valence-corrected chi connectivity index (χ1v) is 10.1. The van der Waals surface area contributed by atoms with Crippen molar-refractivity contribution in [2.75, 3.05) is 12.8 Å². The van der Waals surface area contributed by atoms with Gasteiger partial charge in [0.05, 0.1) is 10.6 Å². The maximum Gasteiger partial charge on any atom is 0.273 e. The largest absolute Gasteiger partial charge is 0.337 e. The predicted molar refractivity (Wildman–Crippen MR) is 88.0 cm³/mol. The van der Waals surface area contributed by atoms with Crippen molar-refractivity contribution >= 4 is 15.7 Å². The number of pyridine rings is 1. The lowest BCUT2D eigenvalue weighted by Crippen LogP contribution is -2.39. The van der Waals surface area contributed by atoms with E-state index in [9.17, 15) is 13.2 Å². The topological polar surface area (TPSA) is 67.3 Å². The second-order valence-electron chi connectivity index (χ2n) is 6.78. The molecule has 1 aromatic rings. The minimum Gasteiger partial charge on any atom is -0.337 e. The van der Waals surface area contributed by atoms with Gasteiger partial charge in [0.1, 0.15) is 5.69 Å². The number of carbonyl (C=O) groups excluding carboxylic acids is 1. The van der Waals surface area contributed by atoms with E-state index in [-0.39, 0.29) is 34.2 Å². The molecule has 0 N–H and O–H groups in total. The maximum atomic E-state index is 12.8. The Bertz CT molecular complexity index is 677. The third-order valence-electron chi connectivity index (χ3n) is 4.90.